The molecular formula is C27H24ClF2N2O6PS. The van der Waals surface area contributed by atoms with Gasteiger partial charge in [-0.05, 0) is 41.0 Å². The van der Waals surface area contributed by atoms with E-state index in [0.717, 1.165) is 33.6 Å². The van der Waals surface area contributed by atoms with E-state index < -0.39 is 33.9 Å². The van der Waals surface area contributed by atoms with Crippen molar-refractivity contribution in [3.05, 3.63) is 113 Å². The van der Waals surface area contributed by atoms with Gasteiger partial charge in [-0.3, -0.25) is 9.55 Å². The lowest BCUT2D eigenvalue weighted by atomic mass is 10.0. The van der Waals surface area contributed by atoms with Crippen molar-refractivity contribution < 1.29 is 36.3 Å². The van der Waals surface area contributed by atoms with Crippen molar-refractivity contribution in [2.75, 3.05) is 7.11 Å². The molecule has 0 amide bonds. The maximum Gasteiger partial charge on any atom is 0.399 e. The van der Waals surface area contributed by atoms with E-state index in [9.17, 15) is 21.8 Å². The van der Waals surface area contributed by atoms with Gasteiger partial charge in [-0.1, -0.05) is 66.2 Å². The van der Waals surface area contributed by atoms with Crippen LogP contribution in [0.5, 0.6) is 5.75 Å². The van der Waals surface area contributed by atoms with E-state index in [0.29, 0.717) is 5.56 Å². The Kier molecular flexibility index (Phi) is 8.75. The summed E-state index contributed by atoms with van der Waals surface area (Å²) in [5.41, 5.74) is -3.22. The van der Waals surface area contributed by atoms with Gasteiger partial charge in [-0.15, -0.1) is 0 Å². The number of ether oxygens (including phenoxy) is 1. The van der Waals surface area contributed by atoms with Crippen LogP contribution >= 0.6 is 19.2 Å². The fourth-order valence-corrected chi connectivity index (χ4v) is 6.57. The van der Waals surface area contributed by atoms with Crippen LogP contribution in [0.1, 0.15) is 16.7 Å². The van der Waals surface area contributed by atoms with Crippen LogP contribution in [-0.4, -0.2) is 34.6 Å². The first-order valence-corrected chi connectivity index (χ1v) is 15.1. The first kappa shape index (κ1) is 29.8. The number of aromatic nitrogens is 1. The third kappa shape index (κ3) is 6.10. The lowest BCUT2D eigenvalue weighted by Crippen LogP contribution is -2.31. The number of hydrogen-bond acceptors (Lipinski definition) is 5. The van der Waals surface area contributed by atoms with E-state index in [1.165, 1.54) is 19.2 Å². The molecule has 13 heteroatoms. The molecule has 1 aromatic heterocycles. The van der Waals surface area contributed by atoms with E-state index in [2.05, 4.69) is 4.98 Å². The number of alkyl halides is 2. The summed E-state index contributed by atoms with van der Waals surface area (Å²) in [6, 6.07) is 19.8. The van der Waals surface area contributed by atoms with Crippen molar-refractivity contribution in [2.24, 2.45) is 0 Å². The highest BCUT2D eigenvalue weighted by atomic mass is 35.5. The predicted molar refractivity (Wildman–Crippen MR) is 146 cm³/mol. The number of sulfonamides is 1. The normalized spacial score (nSPS) is 12.5. The molecule has 1 heterocycles. The summed E-state index contributed by atoms with van der Waals surface area (Å²) in [5.74, 6) is 0.114. The number of halogens is 3. The second-order valence-corrected chi connectivity index (χ2v) is 12.7. The van der Waals surface area contributed by atoms with E-state index in [4.69, 9.17) is 26.1 Å². The third-order valence-electron chi connectivity index (χ3n) is 6.11. The number of methoxy groups -OCH3 is 1. The zero-order chi connectivity index (χ0) is 29.1. The largest absolute Gasteiger partial charge is 0.495 e. The number of benzene rings is 3. The van der Waals surface area contributed by atoms with Gasteiger partial charge < -0.3 is 14.5 Å². The Morgan fingerprint density at radius 1 is 1.00 bits per heavy atom. The first-order valence-electron chi connectivity index (χ1n) is 11.7. The Hall–Kier alpha value is -3.18. The molecule has 0 bridgehead atoms. The van der Waals surface area contributed by atoms with E-state index in [1.54, 1.807) is 42.7 Å². The molecule has 0 saturated heterocycles. The third-order valence-corrected chi connectivity index (χ3v) is 9.22. The number of rotatable bonds is 10. The van der Waals surface area contributed by atoms with Crippen LogP contribution in [0.25, 0.3) is 11.1 Å². The highest BCUT2D eigenvalue weighted by Gasteiger charge is 2.51. The Bertz CT molecular complexity index is 1670. The molecule has 40 heavy (non-hydrogen) atoms. The van der Waals surface area contributed by atoms with Crippen LogP contribution in [0.4, 0.5) is 8.78 Å². The Labute approximate surface area is 235 Å². The smallest absolute Gasteiger partial charge is 0.399 e. The highest BCUT2D eigenvalue weighted by Crippen LogP contribution is 2.60. The van der Waals surface area contributed by atoms with E-state index in [1.807, 2.05) is 18.2 Å². The summed E-state index contributed by atoms with van der Waals surface area (Å²) in [6.07, 6.45) is 3.27. The maximum atomic E-state index is 14.3. The minimum atomic E-state index is -5.86. The van der Waals surface area contributed by atoms with E-state index in [-0.39, 0.29) is 29.3 Å². The molecule has 0 fully saturated rings. The number of pyridine rings is 1. The van der Waals surface area contributed by atoms with Crippen molar-refractivity contribution in [1.29, 1.82) is 0 Å². The zero-order valence-electron chi connectivity index (χ0n) is 21.0. The highest BCUT2D eigenvalue weighted by molar-refractivity contribution is 7.89. The second kappa shape index (κ2) is 11.7. The Balaban J connectivity index is 1.80. The van der Waals surface area contributed by atoms with Gasteiger partial charge in [0.15, 0.2) is 0 Å². The predicted octanol–water partition coefficient (Wildman–Crippen LogP) is 6.03. The summed E-state index contributed by atoms with van der Waals surface area (Å²) >= 11 is 6.03. The van der Waals surface area contributed by atoms with Gasteiger partial charge in [0, 0.05) is 31.0 Å². The molecule has 8 nitrogen and oxygen atoms in total. The van der Waals surface area contributed by atoms with Crippen molar-refractivity contribution in [1.82, 2.24) is 9.29 Å². The van der Waals surface area contributed by atoms with Crippen molar-refractivity contribution in [3.8, 4) is 16.9 Å². The SMILES string of the molecule is COc1ccccc1S(=O)(=O)N(Cc1ccc(C(F)(F)P(=O)(O)O)c(Cl)c1)Cc1ccccc1-c1cccnc1. The lowest BCUT2D eigenvalue weighted by Gasteiger charge is -2.25. The van der Waals surface area contributed by atoms with Crippen molar-refractivity contribution in [2.45, 2.75) is 23.6 Å². The van der Waals surface area contributed by atoms with Gasteiger partial charge in [0.25, 0.3) is 0 Å². The Morgan fingerprint density at radius 3 is 2.35 bits per heavy atom. The molecule has 2 N–H and O–H groups in total. The lowest BCUT2D eigenvalue weighted by molar-refractivity contribution is 0.0565. The summed E-state index contributed by atoms with van der Waals surface area (Å²) < 4.78 is 74.4. The summed E-state index contributed by atoms with van der Waals surface area (Å²) in [5, 5.41) is -0.615. The zero-order valence-corrected chi connectivity index (χ0v) is 23.5. The molecule has 0 aliphatic rings. The quantitative estimate of drug-likeness (QED) is 0.211. The van der Waals surface area contributed by atoms with Gasteiger partial charge in [-0.25, -0.2) is 8.42 Å². The van der Waals surface area contributed by atoms with Gasteiger partial charge >= 0.3 is 13.3 Å². The Morgan fingerprint density at radius 2 is 1.70 bits per heavy atom. The second-order valence-electron chi connectivity index (χ2n) is 8.72. The molecule has 0 saturated carbocycles. The molecule has 4 rings (SSSR count). The van der Waals surface area contributed by atoms with Gasteiger partial charge in [0.05, 0.1) is 17.7 Å². The molecule has 0 atom stereocenters. The van der Waals surface area contributed by atoms with Gasteiger partial charge in [-0.2, -0.15) is 13.1 Å². The van der Waals surface area contributed by atoms with Crippen LogP contribution in [0.15, 0.2) is 96.2 Å². The topological polar surface area (TPSA) is 117 Å². The minimum Gasteiger partial charge on any atom is -0.495 e. The number of hydrogen-bond donors (Lipinski definition) is 2. The number of para-hydroxylation sites is 1. The van der Waals surface area contributed by atoms with Crippen molar-refractivity contribution in [3.63, 3.8) is 0 Å². The van der Waals surface area contributed by atoms with Gasteiger partial charge in [0.2, 0.25) is 10.0 Å². The first-order chi connectivity index (χ1) is 18.9. The molecule has 0 aliphatic heterocycles. The molecule has 0 unspecified atom stereocenters. The average Bonchev–Trinajstić information content (AvgIpc) is 2.92. The number of nitrogens with zero attached hydrogens (tertiary/aromatic N) is 2. The summed E-state index contributed by atoms with van der Waals surface area (Å²) in [4.78, 5) is 22.2. The van der Waals surface area contributed by atoms with Crippen LogP contribution in [0.3, 0.4) is 0 Å². The van der Waals surface area contributed by atoms with Crippen LogP contribution in [0.2, 0.25) is 5.02 Å². The molecular weight excluding hydrogens is 585 g/mol. The molecule has 4 aromatic rings. The molecule has 3 aromatic carbocycles. The minimum absolute atomic E-state index is 0.105. The van der Waals surface area contributed by atoms with E-state index >= 15 is 0 Å². The van der Waals surface area contributed by atoms with Crippen molar-refractivity contribution >= 4 is 29.2 Å². The standard InChI is InChI=1S/C27H24ClF2N2O6PS/c1-38-25-10-4-5-11-26(25)40(36,37)32(18-21-7-2-3-9-22(21)20-8-6-14-31-16-20)17-19-12-13-23(24(28)15-19)27(29,30)39(33,34)35/h2-16H,17-18H2,1H3,(H2,33,34,35). The van der Waals surface area contributed by atoms with Crippen LogP contribution in [-0.2, 0) is 33.3 Å². The summed E-state index contributed by atoms with van der Waals surface area (Å²) in [6.45, 7) is -0.424. The average molecular weight is 609 g/mol. The summed E-state index contributed by atoms with van der Waals surface area (Å²) in [7, 11) is -8.75. The fourth-order valence-electron chi connectivity index (χ4n) is 4.11. The van der Waals surface area contributed by atoms with Crippen LogP contribution in [0, 0.1) is 0 Å². The fraction of sp³-hybridized carbons (Fsp3) is 0.148. The van der Waals surface area contributed by atoms with Gasteiger partial charge in [0.1, 0.15) is 10.6 Å². The molecule has 210 valence electrons. The molecule has 0 radical (unpaired) electrons. The molecule has 0 aliphatic carbocycles. The molecule has 0 spiro atoms. The monoisotopic (exact) mass is 608 g/mol. The van der Waals surface area contributed by atoms with Crippen LogP contribution < -0.4 is 4.74 Å². The maximum absolute atomic E-state index is 14.3.